The summed E-state index contributed by atoms with van der Waals surface area (Å²) in [5, 5.41) is 8.95. The number of hydrogen-bond acceptors (Lipinski definition) is 1. The van der Waals surface area contributed by atoms with Crippen LogP contribution < -0.4 is 0 Å². The lowest BCUT2D eigenvalue weighted by molar-refractivity contribution is 0.167. The molecule has 1 N–H and O–H groups in total. The van der Waals surface area contributed by atoms with E-state index < -0.39 is 0 Å². The summed E-state index contributed by atoms with van der Waals surface area (Å²) in [4.78, 5) is 0. The first-order chi connectivity index (χ1) is 3.75. The van der Waals surface area contributed by atoms with Gasteiger partial charge in [0, 0.05) is 0 Å². The van der Waals surface area contributed by atoms with Crippen molar-refractivity contribution in [1.82, 2.24) is 0 Å². The molecule has 0 radical (unpaired) electrons. The van der Waals surface area contributed by atoms with Crippen LogP contribution in [0, 0.1) is 11.8 Å². The van der Waals surface area contributed by atoms with Crippen LogP contribution in [0.2, 0.25) is 0 Å². The molecule has 0 aliphatic heterocycles. The highest BCUT2D eigenvalue weighted by molar-refractivity contribution is 4.99. The molecule has 0 aromatic rings. The molecule has 0 aromatic carbocycles. The summed E-state index contributed by atoms with van der Waals surface area (Å²) in [5.74, 6) is 1.13. The second-order valence-corrected chi connectivity index (χ2v) is 2.54. The van der Waals surface area contributed by atoms with E-state index >= 15 is 0 Å². The van der Waals surface area contributed by atoms with Crippen LogP contribution in [0.3, 0.4) is 0 Å². The SMILES string of the molecule is C=CC1CC1C(C)O. The van der Waals surface area contributed by atoms with E-state index in [-0.39, 0.29) is 6.10 Å². The molecule has 0 saturated heterocycles. The second-order valence-electron chi connectivity index (χ2n) is 2.54. The standard InChI is InChI=1S/C7H12O/c1-3-6-4-7(6)5(2)8/h3,5-8H,1,4H2,2H3. The van der Waals surface area contributed by atoms with Crippen molar-refractivity contribution in [2.75, 3.05) is 0 Å². The average Bonchev–Trinajstić information content (AvgIpc) is 2.42. The van der Waals surface area contributed by atoms with Gasteiger partial charge in [-0.15, -0.1) is 6.58 Å². The third kappa shape index (κ3) is 0.920. The molecule has 0 amide bonds. The van der Waals surface area contributed by atoms with E-state index in [9.17, 15) is 0 Å². The monoisotopic (exact) mass is 112 g/mol. The predicted octanol–water partition coefficient (Wildman–Crippen LogP) is 1.19. The van der Waals surface area contributed by atoms with Gasteiger partial charge in [-0.1, -0.05) is 6.08 Å². The van der Waals surface area contributed by atoms with E-state index in [1.54, 1.807) is 0 Å². The van der Waals surface area contributed by atoms with E-state index in [1.807, 2.05) is 13.0 Å². The number of aliphatic hydroxyl groups is 1. The van der Waals surface area contributed by atoms with Crippen LogP contribution in [0.25, 0.3) is 0 Å². The smallest absolute Gasteiger partial charge is 0.0546 e. The van der Waals surface area contributed by atoms with Crippen LogP contribution in [-0.4, -0.2) is 11.2 Å². The van der Waals surface area contributed by atoms with Gasteiger partial charge in [0.2, 0.25) is 0 Å². The Morgan fingerprint density at radius 2 is 2.50 bits per heavy atom. The Hall–Kier alpha value is -0.300. The van der Waals surface area contributed by atoms with Crippen LogP contribution >= 0.6 is 0 Å². The third-order valence-electron chi connectivity index (χ3n) is 1.81. The summed E-state index contributed by atoms with van der Waals surface area (Å²) >= 11 is 0. The summed E-state index contributed by atoms with van der Waals surface area (Å²) in [6, 6.07) is 0. The van der Waals surface area contributed by atoms with Crippen molar-refractivity contribution < 1.29 is 5.11 Å². The largest absolute Gasteiger partial charge is 0.393 e. The Labute approximate surface area is 50.0 Å². The molecule has 1 saturated carbocycles. The van der Waals surface area contributed by atoms with Crippen molar-refractivity contribution >= 4 is 0 Å². The Balaban J connectivity index is 2.26. The number of allylic oxidation sites excluding steroid dienone is 1. The minimum Gasteiger partial charge on any atom is -0.393 e. The number of rotatable bonds is 2. The zero-order chi connectivity index (χ0) is 6.15. The highest BCUT2D eigenvalue weighted by Crippen LogP contribution is 2.41. The quantitative estimate of drug-likeness (QED) is 0.532. The fraction of sp³-hybridized carbons (Fsp3) is 0.714. The van der Waals surface area contributed by atoms with Crippen LogP contribution in [-0.2, 0) is 0 Å². The van der Waals surface area contributed by atoms with E-state index in [0.29, 0.717) is 11.8 Å². The van der Waals surface area contributed by atoms with Crippen LogP contribution in [0.15, 0.2) is 12.7 Å². The van der Waals surface area contributed by atoms with Gasteiger partial charge in [0.15, 0.2) is 0 Å². The summed E-state index contributed by atoms with van der Waals surface area (Å²) in [6.07, 6.45) is 2.94. The van der Waals surface area contributed by atoms with Gasteiger partial charge in [-0.25, -0.2) is 0 Å². The predicted molar refractivity (Wildman–Crippen MR) is 33.5 cm³/mol. The van der Waals surface area contributed by atoms with Gasteiger partial charge in [-0.3, -0.25) is 0 Å². The highest BCUT2D eigenvalue weighted by atomic mass is 16.3. The maximum Gasteiger partial charge on any atom is 0.0546 e. The molecule has 1 aliphatic carbocycles. The molecule has 1 aliphatic rings. The summed E-state index contributed by atoms with van der Waals surface area (Å²) in [7, 11) is 0. The van der Waals surface area contributed by atoms with Crippen molar-refractivity contribution in [3.8, 4) is 0 Å². The van der Waals surface area contributed by atoms with Crippen molar-refractivity contribution in [2.45, 2.75) is 19.4 Å². The van der Waals surface area contributed by atoms with Gasteiger partial charge in [-0.05, 0) is 25.2 Å². The van der Waals surface area contributed by atoms with E-state index in [4.69, 9.17) is 5.11 Å². The van der Waals surface area contributed by atoms with Crippen molar-refractivity contribution in [3.05, 3.63) is 12.7 Å². The molecule has 8 heavy (non-hydrogen) atoms. The van der Waals surface area contributed by atoms with Crippen molar-refractivity contribution in [1.29, 1.82) is 0 Å². The summed E-state index contributed by atoms with van der Waals surface area (Å²) in [6.45, 7) is 5.49. The van der Waals surface area contributed by atoms with Crippen LogP contribution in [0.5, 0.6) is 0 Å². The normalized spacial score (nSPS) is 38.8. The summed E-state index contributed by atoms with van der Waals surface area (Å²) in [5.41, 5.74) is 0. The second kappa shape index (κ2) is 1.90. The Morgan fingerprint density at radius 1 is 1.88 bits per heavy atom. The average molecular weight is 112 g/mol. The van der Waals surface area contributed by atoms with Gasteiger partial charge >= 0.3 is 0 Å². The lowest BCUT2D eigenvalue weighted by Gasteiger charge is -1.97. The molecule has 3 atom stereocenters. The Bertz CT molecular complexity index is 96.6. The molecule has 0 spiro atoms. The van der Waals surface area contributed by atoms with Crippen molar-refractivity contribution in [3.63, 3.8) is 0 Å². The zero-order valence-corrected chi connectivity index (χ0v) is 5.17. The molecule has 1 rings (SSSR count). The fourth-order valence-electron chi connectivity index (χ4n) is 1.06. The molecular weight excluding hydrogens is 100 g/mol. The topological polar surface area (TPSA) is 20.2 Å². The molecule has 0 aromatic heterocycles. The highest BCUT2D eigenvalue weighted by Gasteiger charge is 2.37. The molecule has 0 heterocycles. The van der Waals surface area contributed by atoms with Gasteiger partial charge in [-0.2, -0.15) is 0 Å². The van der Waals surface area contributed by atoms with Gasteiger partial charge in [0.1, 0.15) is 0 Å². The van der Waals surface area contributed by atoms with E-state index in [2.05, 4.69) is 6.58 Å². The molecule has 3 unspecified atom stereocenters. The zero-order valence-electron chi connectivity index (χ0n) is 5.17. The first-order valence-electron chi connectivity index (χ1n) is 3.06. The molecular formula is C7H12O. The number of hydrogen-bond donors (Lipinski definition) is 1. The van der Waals surface area contributed by atoms with Gasteiger partial charge in [0.05, 0.1) is 6.10 Å². The maximum atomic E-state index is 8.95. The lowest BCUT2D eigenvalue weighted by Crippen LogP contribution is -2.02. The molecule has 1 nitrogen and oxygen atoms in total. The van der Waals surface area contributed by atoms with E-state index in [1.165, 1.54) is 0 Å². The third-order valence-corrected chi connectivity index (χ3v) is 1.81. The fourth-order valence-corrected chi connectivity index (χ4v) is 1.06. The van der Waals surface area contributed by atoms with Crippen LogP contribution in [0.4, 0.5) is 0 Å². The minimum atomic E-state index is -0.127. The Kier molecular flexibility index (Phi) is 1.39. The van der Waals surface area contributed by atoms with E-state index in [0.717, 1.165) is 6.42 Å². The van der Waals surface area contributed by atoms with Gasteiger partial charge in [0.25, 0.3) is 0 Å². The number of aliphatic hydroxyl groups excluding tert-OH is 1. The minimum absolute atomic E-state index is 0.127. The molecule has 46 valence electrons. The molecule has 1 heteroatoms. The first-order valence-corrected chi connectivity index (χ1v) is 3.06. The first kappa shape index (κ1) is 5.83. The van der Waals surface area contributed by atoms with Gasteiger partial charge < -0.3 is 5.11 Å². The van der Waals surface area contributed by atoms with Crippen molar-refractivity contribution in [2.24, 2.45) is 11.8 Å². The lowest BCUT2D eigenvalue weighted by atomic mass is 10.2. The maximum absolute atomic E-state index is 8.95. The molecule has 0 bridgehead atoms. The Morgan fingerprint density at radius 3 is 2.62 bits per heavy atom. The molecule has 1 fully saturated rings. The summed E-state index contributed by atoms with van der Waals surface area (Å²) < 4.78 is 0. The van der Waals surface area contributed by atoms with Crippen LogP contribution in [0.1, 0.15) is 13.3 Å².